The highest BCUT2D eigenvalue weighted by Gasteiger charge is 2.35. The Balaban J connectivity index is 1.48. The monoisotopic (exact) mass is 436 g/mol. The summed E-state index contributed by atoms with van der Waals surface area (Å²) in [7, 11) is 0. The van der Waals surface area contributed by atoms with Crippen molar-refractivity contribution in [3.05, 3.63) is 36.2 Å². The molecule has 31 heavy (non-hydrogen) atoms. The summed E-state index contributed by atoms with van der Waals surface area (Å²) in [5, 5.41) is 5.86. The Hall–Kier alpha value is -2.95. The Morgan fingerprint density at radius 1 is 1.19 bits per heavy atom. The third-order valence-corrected chi connectivity index (χ3v) is 5.38. The number of ether oxygens (including phenoxy) is 1. The minimum Gasteiger partial charge on any atom is -0.381 e. The van der Waals surface area contributed by atoms with Crippen LogP contribution in [0.4, 0.5) is 30.5 Å². The fourth-order valence-electron chi connectivity index (χ4n) is 3.62. The van der Waals surface area contributed by atoms with Crippen molar-refractivity contribution in [3.63, 3.8) is 0 Å². The van der Waals surface area contributed by atoms with Gasteiger partial charge in [0, 0.05) is 57.4 Å². The summed E-state index contributed by atoms with van der Waals surface area (Å²) in [5.41, 5.74) is 0.658. The van der Waals surface area contributed by atoms with Crippen molar-refractivity contribution in [1.29, 1.82) is 0 Å². The maximum Gasteiger partial charge on any atom is 0.274 e. The topological polar surface area (TPSA) is 92.3 Å². The van der Waals surface area contributed by atoms with Crippen LogP contribution in [0.1, 0.15) is 36.2 Å². The fraction of sp³-hybridized carbons (Fsp3) is 0.500. The molecule has 0 atom stereocenters. The zero-order valence-corrected chi connectivity index (χ0v) is 16.8. The molecule has 2 aromatic rings. The van der Waals surface area contributed by atoms with Gasteiger partial charge in [-0.15, -0.1) is 0 Å². The molecule has 0 spiro atoms. The summed E-state index contributed by atoms with van der Waals surface area (Å²) in [6, 6.07) is 2.76. The lowest BCUT2D eigenvalue weighted by molar-refractivity contribution is -0.0220. The number of hydrogen-bond donors (Lipinski definition) is 2. The Morgan fingerprint density at radius 3 is 2.68 bits per heavy atom. The molecule has 11 heteroatoms. The number of pyridine rings is 1. The van der Waals surface area contributed by atoms with E-state index in [1.54, 1.807) is 4.90 Å². The van der Waals surface area contributed by atoms with Crippen LogP contribution in [0.25, 0.3) is 0 Å². The number of nitrogens with zero attached hydrogens (tertiary/aromatic N) is 4. The summed E-state index contributed by atoms with van der Waals surface area (Å²) < 4.78 is 46.1. The molecule has 2 aliphatic rings. The van der Waals surface area contributed by atoms with Crippen molar-refractivity contribution in [1.82, 2.24) is 15.0 Å². The van der Waals surface area contributed by atoms with Crippen molar-refractivity contribution >= 4 is 23.2 Å². The van der Waals surface area contributed by atoms with Crippen LogP contribution in [0.2, 0.25) is 0 Å². The van der Waals surface area contributed by atoms with Crippen molar-refractivity contribution in [2.45, 2.75) is 37.6 Å². The number of rotatable bonds is 5. The van der Waals surface area contributed by atoms with Crippen molar-refractivity contribution in [2.75, 3.05) is 41.8 Å². The minimum atomic E-state index is -2.74. The molecule has 0 radical (unpaired) electrons. The molecule has 4 heterocycles. The zero-order chi connectivity index (χ0) is 21.8. The van der Waals surface area contributed by atoms with Gasteiger partial charge >= 0.3 is 0 Å². The summed E-state index contributed by atoms with van der Waals surface area (Å²) in [4.78, 5) is 26.4. The van der Waals surface area contributed by atoms with Crippen LogP contribution in [-0.4, -0.2) is 59.1 Å². The number of carbonyl (C=O) groups excluding carboxylic acids is 1. The van der Waals surface area contributed by atoms with Crippen LogP contribution in [-0.2, 0) is 4.74 Å². The second-order valence-electron chi connectivity index (χ2n) is 7.62. The average Bonchev–Trinajstić information content (AvgIpc) is 2.76. The number of nitrogens with one attached hydrogen (secondary N) is 2. The molecule has 0 saturated carbocycles. The number of aromatic nitrogens is 3. The second kappa shape index (κ2) is 9.04. The third-order valence-electron chi connectivity index (χ3n) is 5.38. The molecule has 2 saturated heterocycles. The molecule has 0 bridgehead atoms. The van der Waals surface area contributed by atoms with E-state index in [4.69, 9.17) is 4.74 Å². The second-order valence-corrected chi connectivity index (χ2v) is 7.62. The Labute approximate surface area is 177 Å². The van der Waals surface area contributed by atoms with Gasteiger partial charge < -0.3 is 20.3 Å². The number of halogens is 3. The summed E-state index contributed by atoms with van der Waals surface area (Å²) >= 11 is 0. The first kappa shape index (κ1) is 21.3. The number of carbonyl (C=O) groups is 1. The van der Waals surface area contributed by atoms with E-state index in [9.17, 15) is 18.0 Å². The van der Waals surface area contributed by atoms with Crippen LogP contribution < -0.4 is 15.5 Å². The smallest absolute Gasteiger partial charge is 0.274 e. The first-order valence-electron chi connectivity index (χ1n) is 10.2. The van der Waals surface area contributed by atoms with Crippen molar-refractivity contribution in [3.8, 4) is 0 Å². The van der Waals surface area contributed by atoms with E-state index in [1.807, 2.05) is 0 Å². The van der Waals surface area contributed by atoms with Gasteiger partial charge in [0.05, 0.1) is 17.6 Å². The van der Waals surface area contributed by atoms with Crippen molar-refractivity contribution in [2.24, 2.45) is 0 Å². The standard InChI is InChI=1S/C20H23F3N6O2/c21-17-11-16(29-7-4-20(22,23)5-8-29)15(12-25-17)27-18(30)14-1-6-24-19(28-14)26-13-2-9-31-10-3-13/h1,6,11-13H,2-5,7-10H2,(H,27,30)(H,24,26,28). The van der Waals surface area contributed by atoms with Crippen LogP contribution in [0.15, 0.2) is 24.5 Å². The first-order valence-corrected chi connectivity index (χ1v) is 10.2. The molecule has 1 amide bonds. The summed E-state index contributed by atoms with van der Waals surface area (Å²) in [6.45, 7) is 1.40. The highest BCUT2D eigenvalue weighted by Crippen LogP contribution is 2.34. The van der Waals surface area contributed by atoms with E-state index in [0.29, 0.717) is 24.8 Å². The molecule has 2 N–H and O–H groups in total. The Kier molecular flexibility index (Phi) is 6.21. The van der Waals surface area contributed by atoms with E-state index in [1.165, 1.54) is 18.5 Å². The van der Waals surface area contributed by atoms with E-state index in [-0.39, 0.29) is 43.4 Å². The van der Waals surface area contributed by atoms with Gasteiger partial charge in [-0.05, 0) is 18.9 Å². The normalized spacial score (nSPS) is 19.1. The lowest BCUT2D eigenvalue weighted by atomic mass is 10.1. The zero-order valence-electron chi connectivity index (χ0n) is 16.8. The van der Waals surface area contributed by atoms with Gasteiger partial charge in [-0.25, -0.2) is 23.7 Å². The molecule has 8 nitrogen and oxygen atoms in total. The molecule has 0 unspecified atom stereocenters. The van der Waals surface area contributed by atoms with Gasteiger partial charge in [0.1, 0.15) is 5.69 Å². The van der Waals surface area contributed by atoms with Crippen LogP contribution >= 0.6 is 0 Å². The van der Waals surface area contributed by atoms with Gasteiger partial charge in [-0.3, -0.25) is 4.79 Å². The largest absolute Gasteiger partial charge is 0.381 e. The molecule has 2 aliphatic heterocycles. The maximum atomic E-state index is 13.8. The lowest BCUT2D eigenvalue weighted by Gasteiger charge is -2.34. The molecular weight excluding hydrogens is 413 g/mol. The Morgan fingerprint density at radius 2 is 1.94 bits per heavy atom. The predicted octanol–water partition coefficient (Wildman–Crippen LogP) is 3.09. The molecule has 4 rings (SSSR count). The van der Waals surface area contributed by atoms with E-state index >= 15 is 0 Å². The lowest BCUT2D eigenvalue weighted by Crippen LogP contribution is -2.39. The van der Waals surface area contributed by atoms with Gasteiger partial charge in [0.15, 0.2) is 0 Å². The fourth-order valence-corrected chi connectivity index (χ4v) is 3.62. The van der Waals surface area contributed by atoms with Gasteiger partial charge in [-0.1, -0.05) is 0 Å². The number of anilines is 3. The molecule has 0 aromatic carbocycles. The number of alkyl halides is 2. The highest BCUT2D eigenvalue weighted by atomic mass is 19.3. The van der Waals surface area contributed by atoms with E-state index in [0.717, 1.165) is 18.9 Å². The van der Waals surface area contributed by atoms with E-state index < -0.39 is 17.8 Å². The minimum absolute atomic E-state index is 0.0476. The Bertz CT molecular complexity index is 929. The summed E-state index contributed by atoms with van der Waals surface area (Å²) in [5.74, 6) is -3.69. The van der Waals surface area contributed by atoms with Gasteiger partial charge in [0.2, 0.25) is 11.9 Å². The average molecular weight is 436 g/mol. The summed E-state index contributed by atoms with van der Waals surface area (Å²) in [6.07, 6.45) is 3.62. The molecule has 2 aromatic heterocycles. The molecule has 166 valence electrons. The number of hydrogen-bond acceptors (Lipinski definition) is 7. The number of amides is 1. The van der Waals surface area contributed by atoms with Crippen LogP contribution in [0.3, 0.4) is 0 Å². The molecular formula is C20H23F3N6O2. The highest BCUT2D eigenvalue weighted by molar-refractivity contribution is 6.04. The van der Waals surface area contributed by atoms with E-state index in [2.05, 4.69) is 25.6 Å². The predicted molar refractivity (Wildman–Crippen MR) is 108 cm³/mol. The first-order chi connectivity index (χ1) is 14.9. The van der Waals surface area contributed by atoms with Gasteiger partial charge in [-0.2, -0.15) is 4.39 Å². The van der Waals surface area contributed by atoms with Gasteiger partial charge in [0.25, 0.3) is 11.8 Å². The number of piperidine rings is 1. The molecule has 2 fully saturated rings. The van der Waals surface area contributed by atoms with Crippen LogP contribution in [0.5, 0.6) is 0 Å². The third kappa shape index (κ3) is 5.40. The van der Waals surface area contributed by atoms with Crippen molar-refractivity contribution < 1.29 is 22.7 Å². The maximum absolute atomic E-state index is 13.8. The van der Waals surface area contributed by atoms with Crippen LogP contribution in [0, 0.1) is 5.95 Å². The SMILES string of the molecule is O=C(Nc1cnc(F)cc1N1CCC(F)(F)CC1)c1ccnc(NC2CCOCC2)n1. The molecule has 0 aliphatic carbocycles. The quantitative estimate of drug-likeness (QED) is 0.696.